The molecule has 2 heterocycles. The lowest BCUT2D eigenvalue weighted by atomic mass is 9.93. The smallest absolute Gasteiger partial charge is 0.196 e. The van der Waals surface area contributed by atoms with E-state index in [0.29, 0.717) is 12.0 Å². The molecule has 0 amide bonds. The first kappa shape index (κ1) is 14.5. The average molecular weight is 266 g/mol. The van der Waals surface area contributed by atoms with Gasteiger partial charge in [-0.05, 0) is 33.7 Å². The van der Waals surface area contributed by atoms with Crippen molar-refractivity contribution >= 4 is 0 Å². The van der Waals surface area contributed by atoms with E-state index in [9.17, 15) is 0 Å². The molecule has 0 unspecified atom stereocenters. The molecule has 0 saturated carbocycles. The summed E-state index contributed by atoms with van der Waals surface area (Å²) in [5.74, 6) is 1.18. The van der Waals surface area contributed by atoms with Gasteiger partial charge in [0, 0.05) is 25.1 Å². The molecule has 1 saturated heterocycles. The molecule has 0 aliphatic carbocycles. The van der Waals surface area contributed by atoms with Crippen LogP contribution in [0.3, 0.4) is 0 Å². The summed E-state index contributed by atoms with van der Waals surface area (Å²) >= 11 is 0. The highest BCUT2D eigenvalue weighted by molar-refractivity contribution is 5.00. The second-order valence-electron chi connectivity index (χ2n) is 6.50. The average Bonchev–Trinajstić information content (AvgIpc) is 2.76. The van der Waals surface area contributed by atoms with E-state index in [1.165, 1.54) is 0 Å². The number of oxazole rings is 1. The zero-order chi connectivity index (χ0) is 14.0. The van der Waals surface area contributed by atoms with Gasteiger partial charge in [0.1, 0.15) is 6.26 Å². The molecule has 0 aromatic carbocycles. The molecule has 108 valence electrons. The molecule has 1 aliphatic rings. The fourth-order valence-corrected chi connectivity index (χ4v) is 2.62. The minimum absolute atomic E-state index is 0.00983. The van der Waals surface area contributed by atoms with Crippen LogP contribution in [0.5, 0.6) is 0 Å². The van der Waals surface area contributed by atoms with Crippen LogP contribution < -0.4 is 0 Å². The van der Waals surface area contributed by atoms with Gasteiger partial charge >= 0.3 is 0 Å². The van der Waals surface area contributed by atoms with E-state index in [-0.39, 0.29) is 5.60 Å². The predicted octanol–water partition coefficient (Wildman–Crippen LogP) is 3.19. The normalized spacial score (nSPS) is 23.2. The van der Waals surface area contributed by atoms with Crippen molar-refractivity contribution < 1.29 is 9.15 Å². The van der Waals surface area contributed by atoms with Gasteiger partial charge in [-0.1, -0.05) is 13.8 Å². The molecule has 19 heavy (non-hydrogen) atoms. The van der Waals surface area contributed by atoms with Crippen LogP contribution in [-0.4, -0.2) is 35.2 Å². The van der Waals surface area contributed by atoms with Gasteiger partial charge in [0.25, 0.3) is 0 Å². The molecule has 0 radical (unpaired) electrons. The highest BCUT2D eigenvalue weighted by atomic mass is 16.5. The Morgan fingerprint density at radius 1 is 1.47 bits per heavy atom. The SMILES string of the molecule is CC(C)c1nc(CN(C)[C@@H]2CCOC(C)(C)C2)co1. The van der Waals surface area contributed by atoms with Crippen LogP contribution in [-0.2, 0) is 11.3 Å². The van der Waals surface area contributed by atoms with E-state index < -0.39 is 0 Å². The molecular weight excluding hydrogens is 240 g/mol. The topological polar surface area (TPSA) is 38.5 Å². The number of ether oxygens (including phenoxy) is 1. The Morgan fingerprint density at radius 2 is 2.21 bits per heavy atom. The molecule has 1 aromatic rings. The standard InChI is InChI=1S/C15H26N2O2/c1-11(2)14-16-12(10-18-14)9-17(5)13-6-7-19-15(3,4)8-13/h10-11,13H,6-9H2,1-5H3/t13-/m1/s1. The van der Waals surface area contributed by atoms with Crippen molar-refractivity contribution in [1.82, 2.24) is 9.88 Å². The zero-order valence-electron chi connectivity index (χ0n) is 12.8. The van der Waals surface area contributed by atoms with Crippen LogP contribution in [0.2, 0.25) is 0 Å². The van der Waals surface area contributed by atoms with E-state index in [4.69, 9.17) is 9.15 Å². The molecule has 1 aromatic heterocycles. The Kier molecular flexibility index (Phi) is 4.31. The largest absolute Gasteiger partial charge is 0.448 e. The van der Waals surface area contributed by atoms with Crippen molar-refractivity contribution in [3.8, 4) is 0 Å². The van der Waals surface area contributed by atoms with Crippen LogP contribution in [0.25, 0.3) is 0 Å². The van der Waals surface area contributed by atoms with Gasteiger partial charge < -0.3 is 9.15 Å². The van der Waals surface area contributed by atoms with Gasteiger partial charge in [0.05, 0.1) is 11.3 Å². The van der Waals surface area contributed by atoms with Crippen LogP contribution in [0.4, 0.5) is 0 Å². The quantitative estimate of drug-likeness (QED) is 0.839. The summed E-state index contributed by atoms with van der Waals surface area (Å²) in [6, 6.07) is 0.558. The molecule has 4 nitrogen and oxygen atoms in total. The maximum absolute atomic E-state index is 5.77. The van der Waals surface area contributed by atoms with Crippen LogP contribution in [0.1, 0.15) is 58.0 Å². The third kappa shape index (κ3) is 3.80. The number of hydrogen-bond donors (Lipinski definition) is 0. The van der Waals surface area contributed by atoms with Crippen molar-refractivity contribution in [2.24, 2.45) is 0 Å². The van der Waals surface area contributed by atoms with Crippen LogP contribution in [0, 0.1) is 0 Å². The summed E-state index contributed by atoms with van der Waals surface area (Å²) < 4.78 is 11.3. The first-order chi connectivity index (χ1) is 8.87. The lowest BCUT2D eigenvalue weighted by Gasteiger charge is -2.39. The highest BCUT2D eigenvalue weighted by Crippen LogP contribution is 2.27. The Labute approximate surface area is 116 Å². The van der Waals surface area contributed by atoms with Crippen molar-refractivity contribution in [2.75, 3.05) is 13.7 Å². The van der Waals surface area contributed by atoms with E-state index in [1.807, 2.05) is 0 Å². The fourth-order valence-electron chi connectivity index (χ4n) is 2.62. The van der Waals surface area contributed by atoms with Crippen molar-refractivity contribution in [3.05, 3.63) is 17.8 Å². The number of nitrogens with zero attached hydrogens (tertiary/aromatic N) is 2. The molecule has 0 spiro atoms. The summed E-state index contributed by atoms with van der Waals surface area (Å²) in [5, 5.41) is 0. The highest BCUT2D eigenvalue weighted by Gasteiger charge is 2.31. The second kappa shape index (κ2) is 5.63. The third-order valence-electron chi connectivity index (χ3n) is 3.77. The number of rotatable bonds is 4. The fraction of sp³-hybridized carbons (Fsp3) is 0.800. The van der Waals surface area contributed by atoms with Gasteiger partial charge in [-0.3, -0.25) is 4.90 Å². The molecule has 4 heteroatoms. The first-order valence-electron chi connectivity index (χ1n) is 7.16. The third-order valence-corrected chi connectivity index (χ3v) is 3.77. The van der Waals surface area contributed by atoms with Gasteiger partial charge in [0.2, 0.25) is 0 Å². The van der Waals surface area contributed by atoms with Gasteiger partial charge in [-0.25, -0.2) is 4.98 Å². The van der Waals surface area contributed by atoms with E-state index >= 15 is 0 Å². The molecule has 1 aliphatic heterocycles. The van der Waals surface area contributed by atoms with Gasteiger partial charge in [0.15, 0.2) is 5.89 Å². The van der Waals surface area contributed by atoms with Gasteiger partial charge in [-0.15, -0.1) is 0 Å². The number of hydrogen-bond acceptors (Lipinski definition) is 4. The Balaban J connectivity index is 1.94. The van der Waals surface area contributed by atoms with Crippen LogP contribution >= 0.6 is 0 Å². The lowest BCUT2D eigenvalue weighted by molar-refractivity contribution is -0.0810. The summed E-state index contributed by atoms with van der Waals surface area (Å²) in [4.78, 5) is 6.91. The summed E-state index contributed by atoms with van der Waals surface area (Å²) in [7, 11) is 2.16. The lowest BCUT2D eigenvalue weighted by Crippen LogP contribution is -2.44. The van der Waals surface area contributed by atoms with Crippen molar-refractivity contribution in [3.63, 3.8) is 0 Å². The minimum atomic E-state index is -0.00983. The van der Waals surface area contributed by atoms with Crippen molar-refractivity contribution in [1.29, 1.82) is 0 Å². The van der Waals surface area contributed by atoms with Gasteiger partial charge in [-0.2, -0.15) is 0 Å². The maximum atomic E-state index is 5.77. The molecule has 2 rings (SSSR count). The maximum Gasteiger partial charge on any atom is 0.196 e. The Bertz CT molecular complexity index is 412. The summed E-state index contributed by atoms with van der Waals surface area (Å²) in [5.41, 5.74) is 1.01. The molecule has 0 N–H and O–H groups in total. The number of aromatic nitrogens is 1. The molecule has 0 bridgehead atoms. The molecular formula is C15H26N2O2. The monoisotopic (exact) mass is 266 g/mol. The van der Waals surface area contributed by atoms with E-state index in [0.717, 1.165) is 37.6 Å². The predicted molar refractivity (Wildman–Crippen MR) is 75.1 cm³/mol. The van der Waals surface area contributed by atoms with E-state index in [2.05, 4.69) is 44.6 Å². The minimum Gasteiger partial charge on any atom is -0.448 e. The van der Waals surface area contributed by atoms with E-state index in [1.54, 1.807) is 6.26 Å². The Hall–Kier alpha value is -0.870. The first-order valence-corrected chi connectivity index (χ1v) is 7.16. The van der Waals surface area contributed by atoms with Crippen LogP contribution in [0.15, 0.2) is 10.7 Å². The summed E-state index contributed by atoms with van der Waals surface area (Å²) in [6.07, 6.45) is 3.95. The Morgan fingerprint density at radius 3 is 2.79 bits per heavy atom. The summed E-state index contributed by atoms with van der Waals surface area (Å²) in [6.45, 7) is 10.2. The second-order valence-corrected chi connectivity index (χ2v) is 6.50. The molecule has 1 atom stereocenters. The molecule has 1 fully saturated rings. The van der Waals surface area contributed by atoms with Crippen molar-refractivity contribution in [2.45, 2.75) is 64.6 Å². The zero-order valence-corrected chi connectivity index (χ0v) is 12.8.